The first-order valence-corrected chi connectivity index (χ1v) is 12.3. The third-order valence-corrected chi connectivity index (χ3v) is 7.68. The van der Waals surface area contributed by atoms with Crippen LogP contribution >= 0.6 is 11.3 Å². The molecule has 1 saturated heterocycles. The maximum atomic E-state index is 13.6. The molecule has 1 aromatic carbocycles. The number of aryl methyl sites for hydroxylation is 2. The Morgan fingerprint density at radius 2 is 1.88 bits per heavy atom. The van der Waals surface area contributed by atoms with Crippen LogP contribution in [0.2, 0.25) is 0 Å². The van der Waals surface area contributed by atoms with Gasteiger partial charge in [-0.05, 0) is 44.4 Å². The van der Waals surface area contributed by atoms with Gasteiger partial charge in [0, 0.05) is 25.7 Å². The summed E-state index contributed by atoms with van der Waals surface area (Å²) >= 11 is 1.28. The molecule has 1 fully saturated rings. The normalized spacial score (nSPS) is 19.9. The highest BCUT2D eigenvalue weighted by molar-refractivity contribution is 7.14. The first-order chi connectivity index (χ1) is 16.4. The topological polar surface area (TPSA) is 86.9 Å². The number of furan rings is 1. The van der Waals surface area contributed by atoms with E-state index in [1.54, 1.807) is 24.0 Å². The zero-order chi connectivity index (χ0) is 23.8. The highest BCUT2D eigenvalue weighted by Crippen LogP contribution is 2.43. The molecule has 1 atom stereocenters. The molecule has 1 N–H and O–H groups in total. The summed E-state index contributed by atoms with van der Waals surface area (Å²) in [5, 5.41) is 11.7. The van der Waals surface area contributed by atoms with Gasteiger partial charge in [-0.15, -0.1) is 11.3 Å². The molecule has 4 heterocycles. The van der Waals surface area contributed by atoms with E-state index in [0.717, 1.165) is 37.5 Å². The maximum Gasteiger partial charge on any atom is 0.290 e. The number of ketones is 1. The molecule has 3 aromatic rings. The van der Waals surface area contributed by atoms with E-state index in [2.05, 4.69) is 22.0 Å². The van der Waals surface area contributed by atoms with E-state index in [0.29, 0.717) is 16.3 Å². The number of aliphatic hydroxyl groups is 1. The van der Waals surface area contributed by atoms with Gasteiger partial charge in [0.1, 0.15) is 11.8 Å². The molecule has 0 bridgehead atoms. The number of likely N-dealkylation sites (tertiary alicyclic amines) is 1. The van der Waals surface area contributed by atoms with Crippen LogP contribution in [0.25, 0.3) is 0 Å². The quantitative estimate of drug-likeness (QED) is 0.523. The van der Waals surface area contributed by atoms with E-state index in [9.17, 15) is 14.7 Å². The van der Waals surface area contributed by atoms with E-state index in [1.165, 1.54) is 23.2 Å². The van der Waals surface area contributed by atoms with Crippen LogP contribution in [0.5, 0.6) is 0 Å². The van der Waals surface area contributed by atoms with Crippen LogP contribution in [0.4, 0.5) is 0 Å². The fourth-order valence-electron chi connectivity index (χ4n) is 5.02. The van der Waals surface area contributed by atoms with Gasteiger partial charge in [-0.1, -0.05) is 30.3 Å². The number of hydrogen-bond acceptors (Lipinski definition) is 7. The van der Waals surface area contributed by atoms with E-state index >= 15 is 0 Å². The predicted molar refractivity (Wildman–Crippen MR) is 129 cm³/mol. The zero-order valence-electron chi connectivity index (χ0n) is 19.2. The van der Waals surface area contributed by atoms with Gasteiger partial charge in [-0.3, -0.25) is 14.5 Å². The molecule has 1 amide bonds. The summed E-state index contributed by atoms with van der Waals surface area (Å²) in [4.78, 5) is 35.7. The van der Waals surface area contributed by atoms with Crippen molar-refractivity contribution in [3.63, 3.8) is 0 Å². The van der Waals surface area contributed by atoms with Crippen LogP contribution in [0.3, 0.4) is 0 Å². The molecule has 7 nitrogen and oxygen atoms in total. The SMILES string of the molecule is Cc1nc(C)c(C(=O)C2=C(O)C(=O)N(C3CCN(Cc4ccccc4)CC3)C2c2ccco2)s1. The van der Waals surface area contributed by atoms with E-state index in [4.69, 9.17) is 4.42 Å². The molecule has 2 aliphatic rings. The Kier molecular flexibility index (Phi) is 6.10. The van der Waals surface area contributed by atoms with Crippen LogP contribution in [-0.4, -0.2) is 50.7 Å². The fraction of sp³-hybridized carbons (Fsp3) is 0.346. The summed E-state index contributed by atoms with van der Waals surface area (Å²) in [6.45, 7) is 6.12. The van der Waals surface area contributed by atoms with Crippen LogP contribution in [-0.2, 0) is 11.3 Å². The highest BCUT2D eigenvalue weighted by atomic mass is 32.1. The van der Waals surface area contributed by atoms with Gasteiger partial charge in [0.25, 0.3) is 5.91 Å². The number of amides is 1. The zero-order valence-corrected chi connectivity index (χ0v) is 20.0. The summed E-state index contributed by atoms with van der Waals surface area (Å²) in [5.74, 6) is -0.876. The molecule has 0 spiro atoms. The van der Waals surface area contributed by atoms with Crippen molar-refractivity contribution in [2.45, 2.75) is 45.3 Å². The predicted octanol–water partition coefficient (Wildman–Crippen LogP) is 4.60. The van der Waals surface area contributed by atoms with Crippen LogP contribution in [0, 0.1) is 13.8 Å². The first kappa shape index (κ1) is 22.6. The van der Waals surface area contributed by atoms with Gasteiger partial charge in [0.05, 0.1) is 27.4 Å². The molecular formula is C26H27N3O4S. The number of nitrogens with zero attached hydrogens (tertiary/aromatic N) is 3. The molecule has 34 heavy (non-hydrogen) atoms. The van der Waals surface area contributed by atoms with Crippen molar-refractivity contribution in [1.29, 1.82) is 0 Å². The molecule has 176 valence electrons. The molecule has 0 radical (unpaired) electrons. The standard InChI is InChI=1S/C26H27N3O4S/c1-16-25(34-17(2)27-16)23(30)21-22(20-9-6-14-33-20)29(26(32)24(21)31)19-10-12-28(13-11-19)15-18-7-4-3-5-8-18/h3-9,14,19,22,31H,10-13,15H2,1-2H3. The number of hydrogen-bond donors (Lipinski definition) is 1. The van der Waals surface area contributed by atoms with E-state index in [1.807, 2.05) is 25.1 Å². The van der Waals surface area contributed by atoms with Crippen molar-refractivity contribution in [2.75, 3.05) is 13.1 Å². The summed E-state index contributed by atoms with van der Waals surface area (Å²) in [6, 6.07) is 13.0. The Hall–Kier alpha value is -3.23. The third kappa shape index (κ3) is 4.08. The Morgan fingerprint density at radius 3 is 2.50 bits per heavy atom. The minimum absolute atomic E-state index is 0.0819. The molecule has 2 aliphatic heterocycles. The second-order valence-electron chi connectivity index (χ2n) is 8.86. The fourth-order valence-corrected chi connectivity index (χ4v) is 5.89. The van der Waals surface area contributed by atoms with Gasteiger partial charge in [0.2, 0.25) is 5.78 Å². The van der Waals surface area contributed by atoms with Crippen molar-refractivity contribution in [1.82, 2.24) is 14.8 Å². The van der Waals surface area contributed by atoms with Gasteiger partial charge >= 0.3 is 0 Å². The highest BCUT2D eigenvalue weighted by Gasteiger charge is 2.48. The summed E-state index contributed by atoms with van der Waals surface area (Å²) < 4.78 is 5.67. The van der Waals surface area contributed by atoms with Gasteiger partial charge in [-0.25, -0.2) is 4.98 Å². The van der Waals surface area contributed by atoms with Crippen molar-refractivity contribution in [3.05, 3.63) is 87.0 Å². The summed E-state index contributed by atoms with van der Waals surface area (Å²) in [5.41, 5.74) is 1.94. The van der Waals surface area contributed by atoms with Crippen molar-refractivity contribution >= 4 is 23.0 Å². The Balaban J connectivity index is 1.40. The Bertz CT molecular complexity index is 1220. The number of rotatable bonds is 6. The number of thiazole rings is 1. The number of Topliss-reactive ketones (excluding diaryl/α,β-unsaturated/α-hetero) is 1. The lowest BCUT2D eigenvalue weighted by Crippen LogP contribution is -2.47. The molecule has 0 aliphatic carbocycles. The van der Waals surface area contributed by atoms with Crippen LogP contribution < -0.4 is 0 Å². The number of piperidine rings is 1. The van der Waals surface area contributed by atoms with Crippen molar-refractivity contribution in [2.24, 2.45) is 0 Å². The van der Waals surface area contributed by atoms with Gasteiger partial charge < -0.3 is 14.4 Å². The minimum atomic E-state index is -0.748. The summed E-state index contributed by atoms with van der Waals surface area (Å²) in [7, 11) is 0. The average molecular weight is 478 g/mol. The minimum Gasteiger partial charge on any atom is -0.503 e. The molecular weight excluding hydrogens is 450 g/mol. The smallest absolute Gasteiger partial charge is 0.290 e. The number of aromatic nitrogens is 1. The maximum absolute atomic E-state index is 13.6. The largest absolute Gasteiger partial charge is 0.503 e. The number of benzene rings is 1. The van der Waals surface area contributed by atoms with E-state index in [-0.39, 0.29) is 17.4 Å². The number of carbonyl (C=O) groups excluding carboxylic acids is 2. The molecule has 5 rings (SSSR count). The molecule has 2 aromatic heterocycles. The van der Waals surface area contributed by atoms with Gasteiger partial charge in [0.15, 0.2) is 5.76 Å². The lowest BCUT2D eigenvalue weighted by molar-refractivity contribution is -0.133. The Labute approximate surface area is 202 Å². The monoisotopic (exact) mass is 477 g/mol. The van der Waals surface area contributed by atoms with Crippen molar-refractivity contribution < 1.29 is 19.1 Å². The second-order valence-corrected chi connectivity index (χ2v) is 10.1. The average Bonchev–Trinajstić information content (AvgIpc) is 3.54. The number of aliphatic hydroxyl groups excluding tert-OH is 1. The summed E-state index contributed by atoms with van der Waals surface area (Å²) in [6.07, 6.45) is 3.03. The molecule has 0 saturated carbocycles. The Morgan fingerprint density at radius 1 is 1.15 bits per heavy atom. The molecule has 1 unspecified atom stereocenters. The van der Waals surface area contributed by atoms with E-state index < -0.39 is 17.7 Å². The lowest BCUT2D eigenvalue weighted by Gasteiger charge is -2.39. The number of carbonyl (C=O) groups is 2. The second kappa shape index (κ2) is 9.19. The third-order valence-electron chi connectivity index (χ3n) is 6.61. The van der Waals surface area contributed by atoms with Crippen LogP contribution in [0.15, 0.2) is 64.5 Å². The molecule has 8 heteroatoms. The van der Waals surface area contributed by atoms with Crippen LogP contribution in [0.1, 0.15) is 50.6 Å². The van der Waals surface area contributed by atoms with Crippen molar-refractivity contribution in [3.8, 4) is 0 Å². The van der Waals surface area contributed by atoms with Gasteiger partial charge in [-0.2, -0.15) is 0 Å². The first-order valence-electron chi connectivity index (χ1n) is 11.5. The lowest BCUT2D eigenvalue weighted by atomic mass is 9.96.